The van der Waals surface area contributed by atoms with Crippen molar-refractivity contribution in [1.29, 1.82) is 0 Å². The van der Waals surface area contributed by atoms with Gasteiger partial charge in [-0.2, -0.15) is 0 Å². The number of esters is 1. The Labute approximate surface area is 334 Å². The molecule has 2 aromatic rings. The van der Waals surface area contributed by atoms with Crippen LogP contribution in [0.5, 0.6) is 0 Å². The van der Waals surface area contributed by atoms with Crippen LogP contribution in [-0.2, 0) is 28.7 Å². The Hall–Kier alpha value is -4.00. The molecule has 3 fully saturated rings. The highest BCUT2D eigenvalue weighted by Crippen LogP contribution is 2.61. The van der Waals surface area contributed by atoms with Gasteiger partial charge in [-0.15, -0.1) is 13.2 Å². The number of allylic oxidation sites excluding steroid dienone is 1. The molecular weight excluding hydrogens is 764 g/mol. The van der Waals surface area contributed by atoms with E-state index in [2.05, 4.69) is 47.8 Å². The normalized spacial score (nSPS) is 25.6. The number of hydrogen-bond acceptors (Lipinski definition) is 8. The Morgan fingerprint density at radius 3 is 2.24 bits per heavy atom. The van der Waals surface area contributed by atoms with E-state index < -0.39 is 59.6 Å². The maximum Gasteiger partial charge on any atom is 0.313 e. The van der Waals surface area contributed by atoms with E-state index >= 15 is 4.79 Å². The standard InChI is InChI=1S/C43H57BrN4O7/c1-9-13-19-34(50)45(8)28(7)37(29-17-15-14-16-18-29)54-42(53)35-36-40(51)48(33(26-49)27(5)6)39(43(36)25-32(44)38(35)55-43)41(52)47(24-10-2)31-22-20-30(21-23-31)46(11-3)12-4/h9-10,14-18,20-23,27-28,32-33,35-39,49H,1-2,11-13,19,24-26H2,3-8H3/t28-,32?,33-,35-,36+,37+,38-,39-,43+/m0/s1. The van der Waals surface area contributed by atoms with Crippen LogP contribution in [0.25, 0.3) is 0 Å². The molecule has 3 aliphatic rings. The average Bonchev–Trinajstić information content (AvgIpc) is 3.78. The molecule has 11 nitrogen and oxygen atoms in total. The number of halogens is 1. The van der Waals surface area contributed by atoms with Crippen molar-refractivity contribution in [2.45, 2.75) is 94.6 Å². The first-order chi connectivity index (χ1) is 26.3. The second-order valence-electron chi connectivity index (χ2n) is 15.2. The summed E-state index contributed by atoms with van der Waals surface area (Å²) in [5.41, 5.74) is 0.960. The van der Waals surface area contributed by atoms with Gasteiger partial charge in [0.2, 0.25) is 11.8 Å². The van der Waals surface area contributed by atoms with Crippen molar-refractivity contribution < 1.29 is 33.8 Å². The summed E-state index contributed by atoms with van der Waals surface area (Å²) >= 11 is 3.77. The molecular formula is C43H57BrN4O7. The number of carbonyl (C=O) groups excluding carboxylic acids is 4. The van der Waals surface area contributed by atoms with Crippen LogP contribution < -0.4 is 9.80 Å². The van der Waals surface area contributed by atoms with Crippen LogP contribution in [0.3, 0.4) is 0 Å². The Bertz CT molecular complexity index is 1700. The molecule has 1 spiro atoms. The minimum atomic E-state index is -1.38. The van der Waals surface area contributed by atoms with Gasteiger partial charge in [0, 0.05) is 49.3 Å². The molecule has 2 bridgehead atoms. The van der Waals surface area contributed by atoms with E-state index in [0.717, 1.165) is 18.8 Å². The van der Waals surface area contributed by atoms with Crippen molar-refractivity contribution in [3.05, 3.63) is 85.5 Å². The second kappa shape index (κ2) is 17.9. The summed E-state index contributed by atoms with van der Waals surface area (Å²) in [5, 5.41) is 10.8. The van der Waals surface area contributed by atoms with E-state index in [1.54, 1.807) is 29.0 Å². The second-order valence-corrected chi connectivity index (χ2v) is 16.3. The Balaban J connectivity index is 1.55. The smallest absolute Gasteiger partial charge is 0.313 e. The molecule has 1 unspecified atom stereocenters. The molecule has 12 heteroatoms. The van der Waals surface area contributed by atoms with Crippen molar-refractivity contribution in [1.82, 2.24) is 9.80 Å². The van der Waals surface area contributed by atoms with E-state index in [-0.39, 0.29) is 42.1 Å². The van der Waals surface area contributed by atoms with Gasteiger partial charge in [0.1, 0.15) is 17.7 Å². The predicted octanol–water partition coefficient (Wildman–Crippen LogP) is 5.91. The summed E-state index contributed by atoms with van der Waals surface area (Å²) in [6, 6.07) is 14.5. The van der Waals surface area contributed by atoms with E-state index in [1.165, 1.54) is 4.90 Å². The summed E-state index contributed by atoms with van der Waals surface area (Å²) in [7, 11) is 1.69. The number of fused-ring (bicyclic) bond motifs is 1. The van der Waals surface area contributed by atoms with Crippen LogP contribution in [0.15, 0.2) is 79.9 Å². The van der Waals surface area contributed by atoms with Crippen molar-refractivity contribution in [3.63, 3.8) is 0 Å². The maximum atomic E-state index is 15.2. The maximum absolute atomic E-state index is 15.2. The Morgan fingerprint density at radius 1 is 1.04 bits per heavy atom. The molecule has 0 radical (unpaired) electrons. The fourth-order valence-corrected chi connectivity index (χ4v) is 9.69. The highest BCUT2D eigenvalue weighted by atomic mass is 79.9. The molecule has 2 aromatic carbocycles. The predicted molar refractivity (Wildman–Crippen MR) is 218 cm³/mol. The lowest BCUT2D eigenvalue weighted by atomic mass is 9.70. The number of aliphatic hydroxyl groups is 1. The van der Waals surface area contributed by atoms with Gasteiger partial charge in [-0.1, -0.05) is 72.3 Å². The van der Waals surface area contributed by atoms with Crippen molar-refractivity contribution in [2.75, 3.05) is 43.1 Å². The topological polar surface area (TPSA) is 120 Å². The van der Waals surface area contributed by atoms with Crippen LogP contribution in [0.4, 0.5) is 11.4 Å². The molecule has 5 rings (SSSR count). The molecule has 0 saturated carbocycles. The number of hydrogen-bond donors (Lipinski definition) is 1. The quantitative estimate of drug-likeness (QED) is 0.112. The number of rotatable bonds is 18. The summed E-state index contributed by atoms with van der Waals surface area (Å²) in [5.74, 6) is -3.89. The minimum absolute atomic E-state index is 0.120. The SMILES string of the molecule is C=CCCC(=O)N(C)[C@@H](C)[C@@H](OC(=O)[C@@H]1[C@H]2O[C@@]3(CC2Br)[C@H](C(=O)N(CC=C)c2ccc(N(CC)CC)cc2)N([C@@H](CO)C(C)C)C(=O)[C@@H]13)c1ccccc1. The van der Waals surface area contributed by atoms with Gasteiger partial charge >= 0.3 is 5.97 Å². The zero-order chi connectivity index (χ0) is 40.2. The van der Waals surface area contributed by atoms with E-state index in [9.17, 15) is 19.5 Å². The van der Waals surface area contributed by atoms with Gasteiger partial charge in [0.25, 0.3) is 5.91 Å². The third kappa shape index (κ3) is 7.87. The van der Waals surface area contributed by atoms with Gasteiger partial charge in [-0.05, 0) is 69.4 Å². The number of aliphatic hydroxyl groups excluding tert-OH is 1. The number of carbonyl (C=O) groups is 4. The summed E-state index contributed by atoms with van der Waals surface area (Å²) in [4.78, 5) is 64.5. The van der Waals surface area contributed by atoms with E-state index in [1.807, 2.05) is 75.4 Å². The van der Waals surface area contributed by atoms with Gasteiger partial charge in [0.15, 0.2) is 0 Å². The number of nitrogens with zero attached hydrogens (tertiary/aromatic N) is 4. The highest BCUT2D eigenvalue weighted by Gasteiger charge is 2.78. The molecule has 9 atom stereocenters. The summed E-state index contributed by atoms with van der Waals surface area (Å²) in [6.45, 7) is 18.9. The monoisotopic (exact) mass is 820 g/mol. The number of amides is 3. The van der Waals surface area contributed by atoms with Crippen molar-refractivity contribution in [3.8, 4) is 0 Å². The number of anilines is 2. The zero-order valence-electron chi connectivity index (χ0n) is 33.0. The molecule has 3 heterocycles. The van der Waals surface area contributed by atoms with Gasteiger partial charge in [0.05, 0.1) is 36.6 Å². The number of ether oxygens (including phenoxy) is 2. The largest absolute Gasteiger partial charge is 0.455 e. The average molecular weight is 822 g/mol. The molecule has 3 saturated heterocycles. The Morgan fingerprint density at radius 2 is 1.67 bits per heavy atom. The first kappa shape index (κ1) is 42.1. The summed E-state index contributed by atoms with van der Waals surface area (Å²) in [6.07, 6.45) is 2.78. The highest BCUT2D eigenvalue weighted by molar-refractivity contribution is 9.09. The van der Waals surface area contributed by atoms with Crippen LogP contribution in [0.1, 0.15) is 65.5 Å². The number of alkyl halides is 1. The van der Waals surface area contributed by atoms with Crippen LogP contribution in [-0.4, -0.2) is 107 Å². The third-order valence-electron chi connectivity index (χ3n) is 11.8. The molecule has 0 aliphatic carbocycles. The van der Waals surface area contributed by atoms with E-state index in [4.69, 9.17) is 9.47 Å². The summed E-state index contributed by atoms with van der Waals surface area (Å²) < 4.78 is 13.2. The Kier molecular flexibility index (Phi) is 13.7. The first-order valence-electron chi connectivity index (χ1n) is 19.5. The van der Waals surface area contributed by atoms with Crippen LogP contribution in [0, 0.1) is 17.8 Å². The zero-order valence-corrected chi connectivity index (χ0v) is 34.6. The first-order valence-corrected chi connectivity index (χ1v) is 20.4. The molecule has 55 heavy (non-hydrogen) atoms. The lowest BCUT2D eigenvalue weighted by Gasteiger charge is -2.40. The molecule has 3 aliphatic heterocycles. The molecule has 298 valence electrons. The molecule has 0 aromatic heterocycles. The lowest BCUT2D eigenvalue weighted by Crippen LogP contribution is -2.60. The number of likely N-dealkylation sites (tertiary alicyclic amines) is 1. The van der Waals surface area contributed by atoms with Crippen molar-refractivity contribution >= 4 is 51.0 Å². The van der Waals surface area contributed by atoms with E-state index in [0.29, 0.717) is 24.1 Å². The van der Waals surface area contributed by atoms with Gasteiger partial charge < -0.3 is 34.2 Å². The van der Waals surface area contributed by atoms with Crippen molar-refractivity contribution in [2.24, 2.45) is 17.8 Å². The fraction of sp³-hybridized carbons (Fsp3) is 0.535. The van der Waals surface area contributed by atoms with Crippen LogP contribution >= 0.6 is 15.9 Å². The number of likely N-dealkylation sites (N-methyl/N-ethyl adjacent to an activating group) is 1. The molecule has 3 amide bonds. The lowest BCUT2D eigenvalue weighted by molar-refractivity contribution is -0.165. The minimum Gasteiger partial charge on any atom is -0.455 e. The fourth-order valence-electron chi connectivity index (χ4n) is 8.75. The van der Waals surface area contributed by atoms with Gasteiger partial charge in [-0.3, -0.25) is 19.2 Å². The number of benzene rings is 2. The van der Waals surface area contributed by atoms with Crippen LogP contribution in [0.2, 0.25) is 0 Å². The third-order valence-corrected chi connectivity index (χ3v) is 12.6. The molecule has 1 N–H and O–H groups in total. The van der Waals surface area contributed by atoms with Gasteiger partial charge in [-0.25, -0.2) is 0 Å².